The standard InChI is InChI=1S/C15H14N4OS/c1-10-3-5-11(6-4-10)12-9-13(18-17-12)14(20)16-15-19(2)7-8-21-15/h3-9H,1-2H3,(H,17,18). The Hall–Kier alpha value is -2.47. The van der Waals surface area contributed by atoms with Crippen LogP contribution in [0.4, 0.5) is 0 Å². The summed E-state index contributed by atoms with van der Waals surface area (Å²) in [5.41, 5.74) is 3.28. The second kappa shape index (κ2) is 5.49. The van der Waals surface area contributed by atoms with Crippen LogP contribution in [0.25, 0.3) is 11.3 Å². The van der Waals surface area contributed by atoms with Crippen LogP contribution in [0.1, 0.15) is 16.1 Å². The van der Waals surface area contributed by atoms with Crippen molar-refractivity contribution in [3.63, 3.8) is 0 Å². The van der Waals surface area contributed by atoms with E-state index in [1.165, 1.54) is 16.9 Å². The van der Waals surface area contributed by atoms with Gasteiger partial charge in [-0.15, -0.1) is 11.3 Å². The van der Waals surface area contributed by atoms with E-state index in [0.717, 1.165) is 11.3 Å². The van der Waals surface area contributed by atoms with Gasteiger partial charge < -0.3 is 4.57 Å². The van der Waals surface area contributed by atoms with E-state index in [1.807, 2.05) is 49.8 Å². The molecule has 1 amide bonds. The number of rotatable bonds is 2. The summed E-state index contributed by atoms with van der Waals surface area (Å²) in [4.78, 5) is 16.9. The SMILES string of the molecule is Cc1ccc(-c2cc(C(=O)N=c3sccn3C)[nH]n2)cc1. The van der Waals surface area contributed by atoms with Gasteiger partial charge in [-0.3, -0.25) is 9.89 Å². The van der Waals surface area contributed by atoms with Gasteiger partial charge >= 0.3 is 0 Å². The van der Waals surface area contributed by atoms with Crippen molar-refractivity contribution < 1.29 is 4.79 Å². The van der Waals surface area contributed by atoms with Gasteiger partial charge in [-0.2, -0.15) is 10.1 Å². The van der Waals surface area contributed by atoms with Crippen LogP contribution < -0.4 is 4.80 Å². The molecule has 3 aromatic rings. The molecular formula is C15H14N4OS. The molecule has 0 radical (unpaired) electrons. The molecule has 3 rings (SSSR count). The molecule has 5 nitrogen and oxygen atoms in total. The van der Waals surface area contributed by atoms with Gasteiger partial charge in [0.15, 0.2) is 4.80 Å². The second-order valence-electron chi connectivity index (χ2n) is 4.75. The van der Waals surface area contributed by atoms with Crippen molar-refractivity contribution >= 4 is 17.2 Å². The third-order valence-electron chi connectivity index (χ3n) is 3.11. The summed E-state index contributed by atoms with van der Waals surface area (Å²) in [5, 5.41) is 8.82. The molecule has 0 aliphatic heterocycles. The lowest BCUT2D eigenvalue weighted by Gasteiger charge is -1.95. The van der Waals surface area contributed by atoms with Crippen molar-refractivity contribution in [1.82, 2.24) is 14.8 Å². The predicted molar refractivity (Wildman–Crippen MR) is 81.9 cm³/mol. The van der Waals surface area contributed by atoms with Gasteiger partial charge in [0.2, 0.25) is 0 Å². The van der Waals surface area contributed by atoms with Gasteiger partial charge in [-0.25, -0.2) is 0 Å². The average molecular weight is 298 g/mol. The Balaban J connectivity index is 1.90. The number of aryl methyl sites for hydroxylation is 2. The molecule has 106 valence electrons. The van der Waals surface area contributed by atoms with Gasteiger partial charge in [0.05, 0.1) is 5.69 Å². The molecule has 0 spiro atoms. The quantitative estimate of drug-likeness (QED) is 0.790. The fraction of sp³-hybridized carbons (Fsp3) is 0.133. The van der Waals surface area contributed by atoms with Crippen LogP contribution in [-0.4, -0.2) is 20.7 Å². The molecule has 1 N–H and O–H groups in total. The van der Waals surface area contributed by atoms with Crippen molar-refractivity contribution in [3.8, 4) is 11.3 Å². The van der Waals surface area contributed by atoms with E-state index in [9.17, 15) is 4.79 Å². The number of benzene rings is 1. The Labute approximate surface area is 125 Å². The van der Waals surface area contributed by atoms with Gasteiger partial charge in [-0.05, 0) is 13.0 Å². The van der Waals surface area contributed by atoms with Crippen molar-refractivity contribution in [2.75, 3.05) is 0 Å². The Morgan fingerprint density at radius 3 is 2.76 bits per heavy atom. The molecule has 2 heterocycles. The van der Waals surface area contributed by atoms with Gasteiger partial charge in [-0.1, -0.05) is 29.8 Å². The monoisotopic (exact) mass is 298 g/mol. The minimum atomic E-state index is -0.320. The Bertz CT molecular complexity index is 839. The number of nitrogens with one attached hydrogen (secondary N) is 1. The summed E-state index contributed by atoms with van der Waals surface area (Å²) >= 11 is 1.42. The highest BCUT2D eigenvalue weighted by molar-refractivity contribution is 7.07. The molecule has 1 aromatic carbocycles. The topological polar surface area (TPSA) is 63.0 Å². The number of nitrogens with zero attached hydrogens (tertiary/aromatic N) is 3. The first-order chi connectivity index (χ1) is 10.1. The maximum Gasteiger partial charge on any atom is 0.297 e. The highest BCUT2D eigenvalue weighted by Gasteiger charge is 2.10. The highest BCUT2D eigenvalue weighted by Crippen LogP contribution is 2.18. The molecule has 2 aromatic heterocycles. The molecule has 0 aliphatic carbocycles. The zero-order chi connectivity index (χ0) is 14.8. The summed E-state index contributed by atoms with van der Waals surface area (Å²) in [6, 6.07) is 9.72. The first-order valence-electron chi connectivity index (χ1n) is 6.45. The summed E-state index contributed by atoms with van der Waals surface area (Å²) in [5.74, 6) is -0.320. The number of thiazole rings is 1. The van der Waals surface area contributed by atoms with E-state index in [4.69, 9.17) is 0 Å². The van der Waals surface area contributed by atoms with Crippen LogP contribution >= 0.6 is 11.3 Å². The fourth-order valence-electron chi connectivity index (χ4n) is 1.89. The van der Waals surface area contributed by atoms with E-state index in [-0.39, 0.29) is 5.91 Å². The van der Waals surface area contributed by atoms with Crippen molar-refractivity contribution in [3.05, 3.63) is 58.0 Å². The van der Waals surface area contributed by atoms with E-state index < -0.39 is 0 Å². The normalized spacial score (nSPS) is 11.8. The Morgan fingerprint density at radius 2 is 2.10 bits per heavy atom. The van der Waals surface area contributed by atoms with E-state index in [0.29, 0.717) is 10.5 Å². The lowest BCUT2D eigenvalue weighted by molar-refractivity contribution is 0.0993. The number of hydrogen-bond acceptors (Lipinski definition) is 3. The molecule has 6 heteroatoms. The maximum absolute atomic E-state index is 12.1. The maximum atomic E-state index is 12.1. The van der Waals surface area contributed by atoms with E-state index in [2.05, 4.69) is 15.2 Å². The first kappa shape index (κ1) is 13.5. The summed E-state index contributed by atoms with van der Waals surface area (Å²) < 4.78 is 1.81. The molecule has 0 unspecified atom stereocenters. The Kier molecular flexibility index (Phi) is 3.53. The van der Waals surface area contributed by atoms with Crippen molar-refractivity contribution in [1.29, 1.82) is 0 Å². The minimum Gasteiger partial charge on any atom is -0.327 e. The molecule has 0 saturated carbocycles. The molecule has 0 bridgehead atoms. The zero-order valence-electron chi connectivity index (χ0n) is 11.7. The van der Waals surface area contributed by atoms with Crippen molar-refractivity contribution in [2.45, 2.75) is 6.92 Å². The lowest BCUT2D eigenvalue weighted by atomic mass is 10.1. The fourth-order valence-corrected chi connectivity index (χ4v) is 2.61. The lowest BCUT2D eigenvalue weighted by Crippen LogP contribution is -2.12. The number of aromatic nitrogens is 3. The molecule has 21 heavy (non-hydrogen) atoms. The largest absolute Gasteiger partial charge is 0.327 e. The van der Waals surface area contributed by atoms with E-state index in [1.54, 1.807) is 10.6 Å². The smallest absolute Gasteiger partial charge is 0.297 e. The number of hydrogen-bond donors (Lipinski definition) is 1. The number of amides is 1. The van der Waals surface area contributed by atoms with Crippen LogP contribution in [-0.2, 0) is 7.05 Å². The van der Waals surface area contributed by atoms with Crippen LogP contribution in [0.3, 0.4) is 0 Å². The third-order valence-corrected chi connectivity index (χ3v) is 3.96. The second-order valence-corrected chi connectivity index (χ2v) is 5.62. The first-order valence-corrected chi connectivity index (χ1v) is 7.33. The third kappa shape index (κ3) is 2.85. The number of H-pyrrole nitrogens is 1. The van der Waals surface area contributed by atoms with Crippen molar-refractivity contribution in [2.24, 2.45) is 12.0 Å². The minimum absolute atomic E-state index is 0.320. The summed E-state index contributed by atoms with van der Waals surface area (Å²) in [6.45, 7) is 2.03. The van der Waals surface area contributed by atoms with Gasteiger partial charge in [0, 0.05) is 24.2 Å². The summed E-state index contributed by atoms with van der Waals surface area (Å²) in [6.07, 6.45) is 1.86. The molecular weight excluding hydrogens is 284 g/mol. The van der Waals surface area contributed by atoms with Crippen LogP contribution in [0.5, 0.6) is 0 Å². The highest BCUT2D eigenvalue weighted by atomic mass is 32.1. The van der Waals surface area contributed by atoms with Gasteiger partial charge in [0.1, 0.15) is 5.69 Å². The van der Waals surface area contributed by atoms with Crippen LogP contribution in [0.2, 0.25) is 0 Å². The average Bonchev–Trinajstić information content (AvgIpc) is 3.10. The Morgan fingerprint density at radius 1 is 1.33 bits per heavy atom. The number of aromatic amines is 1. The molecule has 0 aliphatic rings. The van der Waals surface area contributed by atoms with E-state index >= 15 is 0 Å². The van der Waals surface area contributed by atoms with Crippen LogP contribution in [0.15, 0.2) is 46.9 Å². The number of carbonyl (C=O) groups is 1. The predicted octanol–water partition coefficient (Wildman–Crippen LogP) is 2.53. The number of carbonyl (C=O) groups excluding carboxylic acids is 1. The zero-order valence-corrected chi connectivity index (χ0v) is 12.5. The molecule has 0 saturated heterocycles. The summed E-state index contributed by atoms with van der Waals surface area (Å²) in [7, 11) is 1.85. The van der Waals surface area contributed by atoms with Gasteiger partial charge in [0.25, 0.3) is 5.91 Å². The molecule has 0 atom stereocenters. The molecule has 0 fully saturated rings. The van der Waals surface area contributed by atoms with Crippen LogP contribution in [0, 0.1) is 6.92 Å².